The molecule has 2 nitrogen and oxygen atoms in total. The maximum Gasteiger partial charge on any atom is 0.407 e. The molecule has 24 heavy (non-hydrogen) atoms. The van der Waals surface area contributed by atoms with Crippen LogP contribution in [0.5, 0.6) is 0 Å². The molecule has 0 saturated heterocycles. The molecule has 124 valence electrons. The number of fused-ring (bicyclic) bond motifs is 1. The molecule has 3 rings (SSSR count). The predicted octanol–water partition coefficient (Wildman–Crippen LogP) is 3.78. The summed E-state index contributed by atoms with van der Waals surface area (Å²) in [6, 6.07) is 23.3. The fourth-order valence-electron chi connectivity index (χ4n) is 3.36. The first kappa shape index (κ1) is 16.9. The Labute approximate surface area is 145 Å². The summed E-state index contributed by atoms with van der Waals surface area (Å²) in [5.41, 5.74) is 1.22. The SMILES string of the molecule is CCO[Si](OCC)(c1ccccc1C)c1cccc2ccccc12. The first-order valence-electron chi connectivity index (χ1n) is 8.55. The molecule has 0 radical (unpaired) electrons. The van der Waals surface area contributed by atoms with Crippen LogP contribution in [0.3, 0.4) is 0 Å². The second-order valence-corrected chi connectivity index (χ2v) is 8.71. The Hall–Kier alpha value is -1.94. The van der Waals surface area contributed by atoms with Gasteiger partial charge in [0.25, 0.3) is 0 Å². The molecule has 3 aromatic rings. The molecular weight excluding hydrogens is 312 g/mol. The van der Waals surface area contributed by atoms with Gasteiger partial charge in [-0.2, -0.15) is 0 Å². The molecule has 0 heterocycles. The third kappa shape index (κ3) is 2.91. The minimum Gasteiger partial charge on any atom is -0.388 e. The van der Waals surface area contributed by atoms with E-state index in [1.54, 1.807) is 0 Å². The number of hydrogen-bond acceptors (Lipinski definition) is 2. The quantitative estimate of drug-likeness (QED) is 0.638. The molecule has 0 aliphatic rings. The highest BCUT2D eigenvalue weighted by Crippen LogP contribution is 2.19. The van der Waals surface area contributed by atoms with Crippen molar-refractivity contribution in [3.05, 3.63) is 72.3 Å². The minimum absolute atomic E-state index is 0.629. The Morgan fingerprint density at radius 2 is 1.29 bits per heavy atom. The number of hydrogen-bond donors (Lipinski definition) is 0. The Morgan fingerprint density at radius 3 is 2.00 bits per heavy atom. The van der Waals surface area contributed by atoms with Gasteiger partial charge in [0, 0.05) is 23.6 Å². The zero-order valence-electron chi connectivity index (χ0n) is 14.6. The van der Waals surface area contributed by atoms with E-state index in [0.717, 1.165) is 0 Å². The van der Waals surface area contributed by atoms with Gasteiger partial charge in [0.1, 0.15) is 0 Å². The van der Waals surface area contributed by atoms with E-state index in [9.17, 15) is 0 Å². The fraction of sp³-hybridized carbons (Fsp3) is 0.238. The Balaban J connectivity index is 2.33. The van der Waals surface area contributed by atoms with E-state index in [0.29, 0.717) is 13.2 Å². The van der Waals surface area contributed by atoms with E-state index in [-0.39, 0.29) is 0 Å². The molecule has 0 amide bonds. The molecule has 0 atom stereocenters. The van der Waals surface area contributed by atoms with Gasteiger partial charge in [-0.1, -0.05) is 66.7 Å². The number of aryl methyl sites for hydroxylation is 1. The molecule has 0 spiro atoms. The van der Waals surface area contributed by atoms with Crippen LogP contribution in [0.15, 0.2) is 66.7 Å². The van der Waals surface area contributed by atoms with Crippen molar-refractivity contribution >= 4 is 29.7 Å². The summed E-state index contributed by atoms with van der Waals surface area (Å²) >= 11 is 0. The van der Waals surface area contributed by atoms with E-state index in [1.807, 2.05) is 13.8 Å². The van der Waals surface area contributed by atoms with Gasteiger partial charge in [0.15, 0.2) is 0 Å². The van der Waals surface area contributed by atoms with E-state index < -0.39 is 8.56 Å². The number of benzene rings is 3. The molecule has 0 aliphatic carbocycles. The topological polar surface area (TPSA) is 18.5 Å². The third-order valence-corrected chi connectivity index (χ3v) is 8.14. The monoisotopic (exact) mass is 336 g/mol. The van der Waals surface area contributed by atoms with E-state index in [1.165, 1.54) is 26.7 Å². The Morgan fingerprint density at radius 1 is 0.708 bits per heavy atom. The molecule has 3 aromatic carbocycles. The van der Waals surface area contributed by atoms with Crippen molar-refractivity contribution in [1.29, 1.82) is 0 Å². The second kappa shape index (κ2) is 7.30. The summed E-state index contributed by atoms with van der Waals surface area (Å²) in [4.78, 5) is 0. The van der Waals surface area contributed by atoms with Crippen molar-refractivity contribution in [1.82, 2.24) is 0 Å². The van der Waals surface area contributed by atoms with Crippen LogP contribution in [0.4, 0.5) is 0 Å². The summed E-state index contributed by atoms with van der Waals surface area (Å²) in [5, 5.41) is 4.83. The highest BCUT2D eigenvalue weighted by atomic mass is 28.4. The van der Waals surface area contributed by atoms with Crippen LogP contribution in [0, 0.1) is 6.92 Å². The lowest BCUT2D eigenvalue weighted by molar-refractivity contribution is 0.209. The van der Waals surface area contributed by atoms with Crippen molar-refractivity contribution in [3.63, 3.8) is 0 Å². The molecule has 0 N–H and O–H groups in total. The highest BCUT2D eigenvalue weighted by Gasteiger charge is 2.44. The van der Waals surface area contributed by atoms with Crippen LogP contribution >= 0.6 is 0 Å². The molecule has 0 bridgehead atoms. The number of rotatable bonds is 6. The minimum atomic E-state index is -2.76. The van der Waals surface area contributed by atoms with Crippen molar-refractivity contribution in [2.75, 3.05) is 13.2 Å². The predicted molar refractivity (Wildman–Crippen MR) is 103 cm³/mol. The van der Waals surface area contributed by atoms with Crippen LogP contribution in [-0.4, -0.2) is 21.8 Å². The molecule has 0 fully saturated rings. The lowest BCUT2D eigenvalue weighted by Crippen LogP contribution is -2.64. The van der Waals surface area contributed by atoms with Gasteiger partial charge in [0.05, 0.1) is 0 Å². The maximum atomic E-state index is 6.45. The smallest absolute Gasteiger partial charge is 0.388 e. The largest absolute Gasteiger partial charge is 0.407 e. The first-order chi connectivity index (χ1) is 11.7. The van der Waals surface area contributed by atoms with Crippen LogP contribution in [0.2, 0.25) is 0 Å². The molecule has 0 saturated carbocycles. The van der Waals surface area contributed by atoms with Crippen molar-refractivity contribution in [3.8, 4) is 0 Å². The van der Waals surface area contributed by atoms with Gasteiger partial charge in [0.2, 0.25) is 0 Å². The summed E-state index contributed by atoms with van der Waals surface area (Å²) in [6.45, 7) is 7.49. The van der Waals surface area contributed by atoms with Gasteiger partial charge < -0.3 is 8.85 Å². The van der Waals surface area contributed by atoms with E-state index in [4.69, 9.17) is 8.85 Å². The molecule has 3 heteroatoms. The summed E-state index contributed by atoms with van der Waals surface area (Å²) in [7, 11) is -2.76. The fourth-order valence-corrected chi connectivity index (χ4v) is 6.98. The van der Waals surface area contributed by atoms with Gasteiger partial charge in [-0.15, -0.1) is 0 Å². The lowest BCUT2D eigenvalue weighted by atomic mass is 10.1. The van der Waals surface area contributed by atoms with Gasteiger partial charge in [-0.3, -0.25) is 0 Å². The summed E-state index contributed by atoms with van der Waals surface area (Å²) in [6.07, 6.45) is 0. The zero-order chi connectivity index (χ0) is 17.0. The zero-order valence-corrected chi connectivity index (χ0v) is 15.6. The highest BCUT2D eigenvalue weighted by molar-refractivity contribution is 6.94. The summed E-state index contributed by atoms with van der Waals surface area (Å²) < 4.78 is 12.9. The van der Waals surface area contributed by atoms with Crippen LogP contribution < -0.4 is 10.4 Å². The van der Waals surface area contributed by atoms with Crippen molar-refractivity contribution < 1.29 is 8.85 Å². The van der Waals surface area contributed by atoms with E-state index in [2.05, 4.69) is 73.7 Å². The standard InChI is InChI=1S/C21H24O2Si/c1-4-22-24(23-5-2,20-15-9-6-11-17(20)3)21-16-10-13-18-12-7-8-14-19(18)21/h6-16H,4-5H2,1-3H3. The van der Waals surface area contributed by atoms with Crippen molar-refractivity contribution in [2.45, 2.75) is 20.8 Å². The Bertz CT molecular complexity index is 817. The molecular formula is C21H24O2Si. The molecule has 0 aliphatic heterocycles. The van der Waals surface area contributed by atoms with E-state index >= 15 is 0 Å². The van der Waals surface area contributed by atoms with Gasteiger partial charge >= 0.3 is 8.56 Å². The summed E-state index contributed by atoms with van der Waals surface area (Å²) in [5.74, 6) is 0. The van der Waals surface area contributed by atoms with Crippen molar-refractivity contribution in [2.24, 2.45) is 0 Å². The average Bonchev–Trinajstić information content (AvgIpc) is 2.61. The second-order valence-electron chi connectivity index (χ2n) is 5.82. The normalized spacial score (nSPS) is 11.8. The van der Waals surface area contributed by atoms with Gasteiger partial charge in [-0.25, -0.2) is 0 Å². The lowest BCUT2D eigenvalue weighted by Gasteiger charge is -2.32. The third-order valence-electron chi connectivity index (χ3n) is 4.34. The average molecular weight is 337 g/mol. The van der Waals surface area contributed by atoms with Crippen LogP contribution in [0.1, 0.15) is 19.4 Å². The van der Waals surface area contributed by atoms with Crippen LogP contribution in [0.25, 0.3) is 10.8 Å². The molecule has 0 aromatic heterocycles. The Kier molecular flexibility index (Phi) is 5.14. The maximum absolute atomic E-state index is 6.45. The van der Waals surface area contributed by atoms with Gasteiger partial charge in [-0.05, 0) is 37.1 Å². The van der Waals surface area contributed by atoms with Crippen LogP contribution in [-0.2, 0) is 8.85 Å². The molecule has 0 unspecified atom stereocenters. The first-order valence-corrected chi connectivity index (χ1v) is 10.4.